The number of aromatic nitrogens is 2. The lowest BCUT2D eigenvalue weighted by atomic mass is 9.78. The van der Waals surface area contributed by atoms with Crippen LogP contribution in [0.25, 0.3) is 5.69 Å². The highest BCUT2D eigenvalue weighted by Crippen LogP contribution is 2.29. The molecule has 0 radical (unpaired) electrons. The van der Waals surface area contributed by atoms with Gasteiger partial charge in [-0.25, -0.2) is 9.48 Å². The van der Waals surface area contributed by atoms with Crippen LogP contribution in [0.2, 0.25) is 0 Å². The normalized spacial score (nSPS) is 23.1. The van der Waals surface area contributed by atoms with Crippen LogP contribution in [0, 0.1) is 18.8 Å². The first-order valence-corrected chi connectivity index (χ1v) is 9.99. The van der Waals surface area contributed by atoms with Crippen molar-refractivity contribution in [3.05, 3.63) is 47.8 Å². The summed E-state index contributed by atoms with van der Waals surface area (Å²) >= 11 is 0. The molecule has 2 aromatic rings. The minimum atomic E-state index is -0.829. The third-order valence-electron chi connectivity index (χ3n) is 5.87. The van der Waals surface area contributed by atoms with E-state index in [4.69, 9.17) is 4.74 Å². The van der Waals surface area contributed by atoms with Crippen LogP contribution in [0.15, 0.2) is 36.5 Å². The summed E-state index contributed by atoms with van der Waals surface area (Å²) in [6.45, 7) is 7.98. The number of benzene rings is 1. The molecule has 1 fully saturated rings. The molecule has 6 nitrogen and oxygen atoms in total. The highest BCUT2D eigenvalue weighted by Gasteiger charge is 2.30. The number of esters is 1. The van der Waals surface area contributed by atoms with Crippen molar-refractivity contribution in [3.63, 3.8) is 0 Å². The Morgan fingerprint density at radius 1 is 1.18 bits per heavy atom. The minimum absolute atomic E-state index is 0.147. The van der Waals surface area contributed by atoms with Crippen LogP contribution >= 0.6 is 0 Å². The minimum Gasteiger partial charge on any atom is -0.449 e. The van der Waals surface area contributed by atoms with Crippen LogP contribution in [0.1, 0.15) is 56.1 Å². The number of carbonyl (C=O) groups excluding carboxylic acids is 2. The van der Waals surface area contributed by atoms with E-state index >= 15 is 0 Å². The number of amides is 1. The molecule has 0 bridgehead atoms. The van der Waals surface area contributed by atoms with Gasteiger partial charge in [0.05, 0.1) is 11.3 Å². The quantitative estimate of drug-likeness (QED) is 0.800. The van der Waals surface area contributed by atoms with Crippen molar-refractivity contribution in [3.8, 4) is 5.69 Å². The van der Waals surface area contributed by atoms with E-state index in [2.05, 4.69) is 24.3 Å². The second-order valence-electron chi connectivity index (χ2n) is 7.86. The summed E-state index contributed by atoms with van der Waals surface area (Å²) in [5.41, 5.74) is 2.28. The number of hydrogen-bond acceptors (Lipinski definition) is 4. The van der Waals surface area contributed by atoms with Crippen molar-refractivity contribution in [2.75, 3.05) is 0 Å². The van der Waals surface area contributed by atoms with Gasteiger partial charge < -0.3 is 10.1 Å². The summed E-state index contributed by atoms with van der Waals surface area (Å²) in [5, 5.41) is 7.31. The first-order chi connectivity index (χ1) is 13.4. The van der Waals surface area contributed by atoms with E-state index in [9.17, 15) is 9.59 Å². The Morgan fingerprint density at radius 3 is 2.54 bits per heavy atom. The van der Waals surface area contributed by atoms with Gasteiger partial charge in [0.15, 0.2) is 6.10 Å². The topological polar surface area (TPSA) is 73.2 Å². The zero-order chi connectivity index (χ0) is 20.3. The smallest absolute Gasteiger partial charge is 0.338 e. The highest BCUT2D eigenvalue weighted by atomic mass is 16.5. The van der Waals surface area contributed by atoms with Crippen molar-refractivity contribution in [1.29, 1.82) is 0 Å². The number of hydrogen-bond donors (Lipinski definition) is 1. The Bertz CT molecular complexity index is 828. The number of nitrogens with one attached hydrogen (secondary N) is 1. The molecule has 0 unspecified atom stereocenters. The van der Waals surface area contributed by atoms with Gasteiger partial charge in [0.25, 0.3) is 5.91 Å². The van der Waals surface area contributed by atoms with Gasteiger partial charge in [-0.2, -0.15) is 5.10 Å². The molecule has 1 N–H and O–H groups in total. The van der Waals surface area contributed by atoms with Crippen LogP contribution in [0.5, 0.6) is 0 Å². The van der Waals surface area contributed by atoms with Crippen molar-refractivity contribution in [1.82, 2.24) is 15.1 Å². The van der Waals surface area contributed by atoms with Crippen LogP contribution in [-0.4, -0.2) is 33.8 Å². The molecular formula is C22H29N3O3. The molecule has 0 saturated heterocycles. The summed E-state index contributed by atoms with van der Waals surface area (Å²) in [6, 6.07) is 9.06. The van der Waals surface area contributed by atoms with E-state index in [-0.39, 0.29) is 11.9 Å². The monoisotopic (exact) mass is 383 g/mol. The van der Waals surface area contributed by atoms with Gasteiger partial charge in [-0.05, 0) is 62.4 Å². The molecule has 1 heterocycles. The van der Waals surface area contributed by atoms with E-state index in [1.165, 1.54) is 6.42 Å². The molecule has 1 amide bonds. The molecule has 1 aromatic heterocycles. The molecule has 1 aliphatic rings. The maximum Gasteiger partial charge on any atom is 0.338 e. The molecule has 1 saturated carbocycles. The zero-order valence-corrected chi connectivity index (χ0v) is 17.0. The molecule has 150 valence electrons. The van der Waals surface area contributed by atoms with Gasteiger partial charge in [-0.1, -0.05) is 26.7 Å². The van der Waals surface area contributed by atoms with Crippen molar-refractivity contribution in [2.45, 2.75) is 59.1 Å². The molecule has 0 spiro atoms. The predicted molar refractivity (Wildman–Crippen MR) is 107 cm³/mol. The zero-order valence-electron chi connectivity index (χ0n) is 17.0. The van der Waals surface area contributed by atoms with Crippen molar-refractivity contribution >= 4 is 11.9 Å². The van der Waals surface area contributed by atoms with E-state index in [1.54, 1.807) is 29.9 Å². The number of aryl methyl sites for hydroxylation is 1. The maximum atomic E-state index is 12.5. The predicted octanol–water partition coefficient (Wildman–Crippen LogP) is 3.67. The van der Waals surface area contributed by atoms with Gasteiger partial charge >= 0.3 is 5.97 Å². The van der Waals surface area contributed by atoms with Crippen LogP contribution < -0.4 is 5.32 Å². The van der Waals surface area contributed by atoms with Gasteiger partial charge in [0.2, 0.25) is 0 Å². The second kappa shape index (κ2) is 8.59. The molecule has 1 aromatic carbocycles. The first-order valence-electron chi connectivity index (χ1n) is 9.99. The van der Waals surface area contributed by atoms with E-state index < -0.39 is 12.1 Å². The Labute approximate surface area is 166 Å². The number of nitrogens with zero attached hydrogens (tertiary/aromatic N) is 2. The van der Waals surface area contributed by atoms with Crippen LogP contribution in [0.4, 0.5) is 0 Å². The fraction of sp³-hybridized carbons (Fsp3) is 0.500. The molecular weight excluding hydrogens is 354 g/mol. The second-order valence-corrected chi connectivity index (χ2v) is 7.86. The summed E-state index contributed by atoms with van der Waals surface area (Å²) in [7, 11) is 0. The largest absolute Gasteiger partial charge is 0.449 e. The van der Waals surface area contributed by atoms with Crippen LogP contribution in [0.3, 0.4) is 0 Å². The Kier molecular flexibility index (Phi) is 6.17. The summed E-state index contributed by atoms with van der Waals surface area (Å²) in [6.07, 6.45) is 4.20. The van der Waals surface area contributed by atoms with Gasteiger partial charge in [0, 0.05) is 17.9 Å². The lowest BCUT2D eigenvalue weighted by Gasteiger charge is -2.35. The first kappa shape index (κ1) is 20.1. The number of carbonyl (C=O) groups is 2. The molecule has 0 aliphatic heterocycles. The summed E-state index contributed by atoms with van der Waals surface area (Å²) in [5.74, 6) is 0.285. The Morgan fingerprint density at radius 2 is 1.89 bits per heavy atom. The Hall–Kier alpha value is -2.63. The third-order valence-corrected chi connectivity index (χ3v) is 5.87. The SMILES string of the molecule is Cc1ccnn1-c1ccc(C(=O)O[C@@H](C)C(=O)N[C@@H]2CCC[C@H](C)[C@@H]2C)cc1. The average molecular weight is 383 g/mol. The molecule has 28 heavy (non-hydrogen) atoms. The molecule has 4 atom stereocenters. The van der Waals surface area contributed by atoms with E-state index in [0.29, 0.717) is 17.4 Å². The maximum absolute atomic E-state index is 12.5. The lowest BCUT2D eigenvalue weighted by Crippen LogP contribution is -2.47. The third kappa shape index (κ3) is 4.43. The molecule has 1 aliphatic carbocycles. The van der Waals surface area contributed by atoms with Crippen LogP contribution in [-0.2, 0) is 9.53 Å². The number of ether oxygens (including phenoxy) is 1. The van der Waals surface area contributed by atoms with Crippen molar-refractivity contribution in [2.24, 2.45) is 11.8 Å². The Balaban J connectivity index is 1.57. The number of rotatable bonds is 5. The molecule has 6 heteroatoms. The fourth-order valence-corrected chi connectivity index (χ4v) is 3.75. The average Bonchev–Trinajstić information content (AvgIpc) is 3.11. The van der Waals surface area contributed by atoms with Crippen molar-refractivity contribution < 1.29 is 14.3 Å². The molecule has 3 rings (SSSR count). The van der Waals surface area contributed by atoms with Gasteiger partial charge in [0.1, 0.15) is 0 Å². The lowest BCUT2D eigenvalue weighted by molar-refractivity contribution is -0.130. The summed E-state index contributed by atoms with van der Waals surface area (Å²) < 4.78 is 7.17. The van der Waals surface area contributed by atoms with Gasteiger partial charge in [-0.3, -0.25) is 4.79 Å². The van der Waals surface area contributed by atoms with E-state index in [0.717, 1.165) is 24.2 Å². The summed E-state index contributed by atoms with van der Waals surface area (Å²) in [4.78, 5) is 24.9. The standard InChI is InChI=1S/C22H29N3O3/c1-14-6-5-7-20(16(14)3)24-21(26)17(4)28-22(27)18-8-10-19(11-9-18)25-15(2)12-13-23-25/h8-14,16-17,20H,5-7H2,1-4H3,(H,24,26)/t14-,16-,17-,20+/m0/s1. The van der Waals surface area contributed by atoms with E-state index in [1.807, 2.05) is 25.1 Å². The van der Waals surface area contributed by atoms with Gasteiger partial charge in [-0.15, -0.1) is 0 Å². The highest BCUT2D eigenvalue weighted by molar-refractivity contribution is 5.92. The fourth-order valence-electron chi connectivity index (χ4n) is 3.75.